The maximum absolute atomic E-state index is 12.7. The van der Waals surface area contributed by atoms with Crippen LogP contribution in [0.1, 0.15) is 43.0 Å². The molecule has 1 saturated heterocycles. The van der Waals surface area contributed by atoms with Crippen molar-refractivity contribution in [1.29, 1.82) is 0 Å². The smallest absolute Gasteiger partial charge is 0.243 e. The van der Waals surface area contributed by atoms with Crippen molar-refractivity contribution in [2.24, 2.45) is 0 Å². The van der Waals surface area contributed by atoms with Crippen LogP contribution in [0, 0.1) is 6.92 Å². The summed E-state index contributed by atoms with van der Waals surface area (Å²) in [6.45, 7) is 3.74. The molecule has 2 aliphatic rings. The zero-order valence-corrected chi connectivity index (χ0v) is 19.0. The van der Waals surface area contributed by atoms with Gasteiger partial charge in [0.25, 0.3) is 0 Å². The van der Waals surface area contributed by atoms with Crippen molar-refractivity contribution in [2.75, 3.05) is 32.8 Å². The second-order valence-electron chi connectivity index (χ2n) is 8.22. The zero-order valence-electron chi connectivity index (χ0n) is 18.2. The van der Waals surface area contributed by atoms with Gasteiger partial charge in [0, 0.05) is 26.6 Å². The van der Waals surface area contributed by atoms with Gasteiger partial charge in [-0.3, -0.25) is 10.1 Å². The summed E-state index contributed by atoms with van der Waals surface area (Å²) in [4.78, 5) is 17.0. The van der Waals surface area contributed by atoms with Gasteiger partial charge in [0.1, 0.15) is 0 Å². The molecule has 0 radical (unpaired) electrons. The van der Waals surface area contributed by atoms with E-state index in [1.165, 1.54) is 4.31 Å². The number of aromatic nitrogens is 2. The highest BCUT2D eigenvalue weighted by molar-refractivity contribution is 7.89. The fourth-order valence-electron chi connectivity index (χ4n) is 4.18. The highest BCUT2D eigenvalue weighted by Crippen LogP contribution is 2.37. The van der Waals surface area contributed by atoms with E-state index in [1.54, 1.807) is 31.2 Å². The summed E-state index contributed by atoms with van der Waals surface area (Å²) in [5, 5.41) is 10.3. The molecule has 1 aliphatic heterocycles. The Balaban J connectivity index is 1.30. The number of morpholine rings is 1. The van der Waals surface area contributed by atoms with E-state index in [1.807, 2.05) is 0 Å². The number of nitrogens with zero attached hydrogens (tertiary/aromatic N) is 3. The number of amides is 1. The van der Waals surface area contributed by atoms with Gasteiger partial charge in [-0.15, -0.1) is 0 Å². The fraction of sp³-hybridized carbons (Fsp3) is 0.571. The molecule has 1 saturated carbocycles. The number of nitrogens with one attached hydrogen (secondary N) is 2. The minimum Gasteiger partial charge on any atom is -0.379 e. The molecule has 174 valence electrons. The lowest BCUT2D eigenvalue weighted by atomic mass is 9.96. The summed E-state index contributed by atoms with van der Waals surface area (Å²) in [5.41, 5.74) is 0.397. The standard InChI is InChI=1S/C21H29N5O5S/c1-16-24-20(25-31-16)21(8-2-3-9-21)23-15-19(27)22-14-17-4-6-18(7-5-17)32(28,29)26-10-12-30-13-11-26/h4-7,23H,2-3,8-15H2,1H3,(H,22,27). The molecule has 10 nitrogen and oxygen atoms in total. The summed E-state index contributed by atoms with van der Waals surface area (Å²) >= 11 is 0. The van der Waals surface area contributed by atoms with Gasteiger partial charge < -0.3 is 14.6 Å². The SMILES string of the molecule is Cc1nc(C2(NCC(=O)NCc3ccc(S(=O)(=O)N4CCOCC4)cc3)CCCC2)no1. The van der Waals surface area contributed by atoms with Crippen molar-refractivity contribution in [3.63, 3.8) is 0 Å². The van der Waals surface area contributed by atoms with Gasteiger partial charge in [-0.2, -0.15) is 9.29 Å². The first-order valence-corrected chi connectivity index (χ1v) is 12.3. The quantitative estimate of drug-likeness (QED) is 0.595. The normalized spacial score (nSPS) is 19.2. The van der Waals surface area contributed by atoms with Crippen molar-refractivity contribution in [3.05, 3.63) is 41.5 Å². The van der Waals surface area contributed by atoms with Crippen LogP contribution in [-0.2, 0) is 31.6 Å². The van der Waals surface area contributed by atoms with E-state index in [4.69, 9.17) is 9.26 Å². The molecule has 2 fully saturated rings. The Bertz CT molecular complexity index is 1030. The number of benzene rings is 1. The lowest BCUT2D eigenvalue weighted by molar-refractivity contribution is -0.120. The molecule has 1 aliphatic carbocycles. The molecule has 0 bridgehead atoms. The molecular formula is C21H29N5O5S. The Labute approximate surface area is 187 Å². The van der Waals surface area contributed by atoms with Crippen LogP contribution in [0.5, 0.6) is 0 Å². The number of carbonyl (C=O) groups is 1. The summed E-state index contributed by atoms with van der Waals surface area (Å²) in [7, 11) is -3.52. The Morgan fingerprint density at radius 2 is 1.84 bits per heavy atom. The van der Waals surface area contributed by atoms with Gasteiger partial charge in [-0.1, -0.05) is 30.1 Å². The Morgan fingerprint density at radius 3 is 2.47 bits per heavy atom. The van der Waals surface area contributed by atoms with Crippen molar-refractivity contribution in [3.8, 4) is 0 Å². The lowest BCUT2D eigenvalue weighted by Crippen LogP contribution is -2.46. The van der Waals surface area contributed by atoms with Gasteiger partial charge >= 0.3 is 0 Å². The number of ether oxygens (including phenoxy) is 1. The lowest BCUT2D eigenvalue weighted by Gasteiger charge is -2.26. The van der Waals surface area contributed by atoms with E-state index in [9.17, 15) is 13.2 Å². The molecule has 2 aromatic rings. The third-order valence-corrected chi connectivity index (χ3v) is 7.93. The molecule has 0 spiro atoms. The van der Waals surface area contributed by atoms with Crippen LogP contribution in [-0.4, -0.2) is 61.6 Å². The van der Waals surface area contributed by atoms with E-state index < -0.39 is 15.6 Å². The van der Waals surface area contributed by atoms with Crippen LogP contribution in [0.25, 0.3) is 0 Å². The van der Waals surface area contributed by atoms with E-state index in [2.05, 4.69) is 20.8 Å². The molecule has 1 amide bonds. The molecule has 2 N–H and O–H groups in total. The summed E-state index contributed by atoms with van der Waals surface area (Å²) < 4.78 is 37.2. The Hall–Kier alpha value is -2.34. The molecule has 1 aromatic heterocycles. The number of rotatable bonds is 8. The third kappa shape index (κ3) is 5.01. The summed E-state index contributed by atoms with van der Waals surface area (Å²) in [5.74, 6) is 0.968. The number of hydrogen-bond donors (Lipinski definition) is 2. The highest BCUT2D eigenvalue weighted by atomic mass is 32.2. The molecule has 4 rings (SSSR count). The van der Waals surface area contributed by atoms with Crippen LogP contribution in [0.2, 0.25) is 0 Å². The minimum absolute atomic E-state index is 0.136. The van der Waals surface area contributed by atoms with E-state index in [0.29, 0.717) is 44.6 Å². The fourth-order valence-corrected chi connectivity index (χ4v) is 5.59. The summed E-state index contributed by atoms with van der Waals surface area (Å²) in [6, 6.07) is 6.61. The van der Waals surface area contributed by atoms with Crippen LogP contribution in [0.3, 0.4) is 0 Å². The van der Waals surface area contributed by atoms with Gasteiger partial charge in [0.15, 0.2) is 5.82 Å². The number of sulfonamides is 1. The predicted octanol–water partition coefficient (Wildman–Crippen LogP) is 1.07. The highest BCUT2D eigenvalue weighted by Gasteiger charge is 2.39. The van der Waals surface area contributed by atoms with Crippen LogP contribution in [0.15, 0.2) is 33.7 Å². The first kappa shape index (κ1) is 22.8. The molecule has 2 heterocycles. The summed E-state index contributed by atoms with van der Waals surface area (Å²) in [6.07, 6.45) is 3.81. The van der Waals surface area contributed by atoms with Crippen molar-refractivity contribution in [2.45, 2.75) is 49.6 Å². The average molecular weight is 464 g/mol. The second kappa shape index (κ2) is 9.65. The van der Waals surface area contributed by atoms with Gasteiger partial charge in [0.2, 0.25) is 21.8 Å². The molecule has 32 heavy (non-hydrogen) atoms. The molecule has 0 unspecified atom stereocenters. The van der Waals surface area contributed by atoms with Crippen molar-refractivity contribution >= 4 is 15.9 Å². The first-order valence-electron chi connectivity index (χ1n) is 10.9. The predicted molar refractivity (Wildman–Crippen MR) is 115 cm³/mol. The van der Waals surface area contributed by atoms with Gasteiger partial charge in [-0.05, 0) is 30.5 Å². The maximum Gasteiger partial charge on any atom is 0.243 e. The third-order valence-electron chi connectivity index (χ3n) is 6.02. The van der Waals surface area contributed by atoms with E-state index in [0.717, 1.165) is 31.2 Å². The second-order valence-corrected chi connectivity index (χ2v) is 10.2. The average Bonchev–Trinajstić information content (AvgIpc) is 3.47. The number of hydrogen-bond acceptors (Lipinski definition) is 8. The van der Waals surface area contributed by atoms with Crippen LogP contribution >= 0.6 is 0 Å². The monoisotopic (exact) mass is 463 g/mol. The van der Waals surface area contributed by atoms with E-state index in [-0.39, 0.29) is 17.3 Å². The van der Waals surface area contributed by atoms with Crippen molar-refractivity contribution in [1.82, 2.24) is 25.1 Å². The molecule has 0 atom stereocenters. The topological polar surface area (TPSA) is 127 Å². The minimum atomic E-state index is -3.52. The largest absolute Gasteiger partial charge is 0.379 e. The molecule has 11 heteroatoms. The van der Waals surface area contributed by atoms with Crippen molar-refractivity contribution < 1.29 is 22.5 Å². The molecule has 1 aromatic carbocycles. The Morgan fingerprint density at radius 1 is 1.16 bits per heavy atom. The Kier molecular flexibility index (Phi) is 6.89. The maximum atomic E-state index is 12.7. The first-order chi connectivity index (χ1) is 15.4. The van der Waals surface area contributed by atoms with Gasteiger partial charge in [0.05, 0.1) is 30.2 Å². The number of carbonyl (C=O) groups excluding carboxylic acids is 1. The van der Waals surface area contributed by atoms with Crippen LogP contribution in [0.4, 0.5) is 0 Å². The zero-order chi connectivity index (χ0) is 22.6. The molecular weight excluding hydrogens is 434 g/mol. The number of aryl methyl sites for hydroxylation is 1. The van der Waals surface area contributed by atoms with E-state index >= 15 is 0 Å². The van der Waals surface area contributed by atoms with Crippen LogP contribution < -0.4 is 10.6 Å². The van der Waals surface area contributed by atoms with Gasteiger partial charge in [-0.25, -0.2) is 8.42 Å².